The van der Waals surface area contributed by atoms with E-state index in [0.717, 1.165) is 30.6 Å². The molecule has 0 aromatic rings. The van der Waals surface area contributed by atoms with Crippen molar-refractivity contribution >= 4 is 6.92 Å². The van der Waals surface area contributed by atoms with Crippen molar-refractivity contribution in [2.75, 3.05) is 21.3 Å². The molecule has 2 aliphatic rings. The summed E-state index contributed by atoms with van der Waals surface area (Å²) in [4.78, 5) is 0. The third-order valence-corrected chi connectivity index (χ3v) is 3.68. The lowest BCUT2D eigenvalue weighted by Gasteiger charge is -2.38. The molecule has 84 valence electrons. The summed E-state index contributed by atoms with van der Waals surface area (Å²) in [6, 6.07) is 0. The molecular formula is C11H19BO3. The van der Waals surface area contributed by atoms with Gasteiger partial charge < -0.3 is 14.1 Å². The minimum absolute atomic E-state index is 0.400. The molecule has 0 spiro atoms. The largest absolute Gasteiger partial charge is 0.498 e. The molecule has 1 heterocycles. The van der Waals surface area contributed by atoms with Crippen molar-refractivity contribution in [2.24, 2.45) is 11.8 Å². The number of hydrogen-bond acceptors (Lipinski definition) is 3. The highest BCUT2D eigenvalue weighted by Gasteiger charge is 2.40. The van der Waals surface area contributed by atoms with Gasteiger partial charge in [0.2, 0.25) is 0 Å². The predicted octanol–water partition coefficient (Wildman–Crippen LogP) is 2.17. The van der Waals surface area contributed by atoms with Crippen LogP contribution in [0.25, 0.3) is 0 Å². The minimum atomic E-state index is 0.400. The van der Waals surface area contributed by atoms with E-state index in [1.165, 1.54) is 6.42 Å². The van der Waals surface area contributed by atoms with Crippen LogP contribution in [0.4, 0.5) is 0 Å². The van der Waals surface area contributed by atoms with Crippen LogP contribution in [0.1, 0.15) is 12.8 Å². The molecule has 15 heavy (non-hydrogen) atoms. The molecule has 1 aliphatic heterocycles. The van der Waals surface area contributed by atoms with E-state index in [4.69, 9.17) is 14.1 Å². The van der Waals surface area contributed by atoms with Gasteiger partial charge in [-0.25, -0.2) is 0 Å². The molecule has 1 fully saturated rings. The van der Waals surface area contributed by atoms with Crippen LogP contribution >= 0.6 is 0 Å². The Morgan fingerprint density at radius 3 is 2.53 bits per heavy atom. The fraction of sp³-hybridized carbons (Fsp3) is 0.818. The molecule has 0 saturated carbocycles. The van der Waals surface area contributed by atoms with Crippen molar-refractivity contribution in [3.8, 4) is 0 Å². The topological polar surface area (TPSA) is 27.7 Å². The van der Waals surface area contributed by atoms with Crippen LogP contribution < -0.4 is 0 Å². The van der Waals surface area contributed by atoms with Crippen molar-refractivity contribution in [3.05, 3.63) is 11.5 Å². The monoisotopic (exact) mass is 210 g/mol. The molecule has 1 saturated heterocycles. The van der Waals surface area contributed by atoms with Crippen LogP contribution in [0, 0.1) is 11.8 Å². The molecule has 0 aromatic heterocycles. The maximum absolute atomic E-state index is 5.47. The number of methoxy groups -OCH3 is 2. The first-order valence-electron chi connectivity index (χ1n) is 5.62. The predicted molar refractivity (Wildman–Crippen MR) is 59.6 cm³/mol. The van der Waals surface area contributed by atoms with E-state index in [1.54, 1.807) is 21.3 Å². The van der Waals surface area contributed by atoms with Gasteiger partial charge in [-0.3, -0.25) is 0 Å². The first-order chi connectivity index (χ1) is 7.28. The second-order valence-corrected chi connectivity index (χ2v) is 4.53. The highest BCUT2D eigenvalue weighted by molar-refractivity contribution is 6.52. The molecule has 0 radical (unpaired) electrons. The number of hydrogen-bond donors (Lipinski definition) is 0. The zero-order valence-electron chi connectivity index (χ0n) is 9.79. The van der Waals surface area contributed by atoms with Crippen molar-refractivity contribution in [2.45, 2.75) is 25.5 Å². The Kier molecular flexibility index (Phi) is 3.24. The molecule has 1 aliphatic carbocycles. The van der Waals surface area contributed by atoms with E-state index in [9.17, 15) is 0 Å². The van der Waals surface area contributed by atoms with Crippen molar-refractivity contribution < 1.29 is 14.1 Å². The van der Waals surface area contributed by atoms with E-state index in [0.29, 0.717) is 18.8 Å². The Morgan fingerprint density at radius 1 is 1.13 bits per heavy atom. The summed E-state index contributed by atoms with van der Waals surface area (Å²) in [6.07, 6.45) is 4.48. The second-order valence-electron chi connectivity index (χ2n) is 4.53. The Balaban J connectivity index is 2.18. The zero-order valence-corrected chi connectivity index (χ0v) is 9.79. The maximum atomic E-state index is 5.47. The summed E-state index contributed by atoms with van der Waals surface area (Å²) in [5.41, 5.74) is 0. The van der Waals surface area contributed by atoms with Gasteiger partial charge >= 0.3 is 0 Å². The van der Waals surface area contributed by atoms with E-state index in [-0.39, 0.29) is 0 Å². The van der Waals surface area contributed by atoms with Gasteiger partial charge in [-0.15, -0.1) is 0 Å². The van der Waals surface area contributed by atoms with E-state index in [1.807, 2.05) is 0 Å². The van der Waals surface area contributed by atoms with Gasteiger partial charge in [-0.1, -0.05) is 0 Å². The molecule has 0 N–H and O–H groups in total. The summed E-state index contributed by atoms with van der Waals surface area (Å²) in [7, 11) is 5.29. The maximum Gasteiger partial charge on any atom is 0.293 e. The van der Waals surface area contributed by atoms with Crippen molar-refractivity contribution in [3.63, 3.8) is 0 Å². The van der Waals surface area contributed by atoms with Gasteiger partial charge in [0.25, 0.3) is 6.92 Å². The smallest absolute Gasteiger partial charge is 0.293 e. The van der Waals surface area contributed by atoms with Crippen molar-refractivity contribution in [1.82, 2.24) is 0 Å². The first kappa shape index (κ1) is 10.9. The van der Waals surface area contributed by atoms with Crippen LogP contribution in [0.5, 0.6) is 0 Å². The Bertz CT molecular complexity index is 265. The quantitative estimate of drug-likeness (QED) is 0.668. The zero-order chi connectivity index (χ0) is 10.8. The number of allylic oxidation sites excluding steroid dienone is 2. The normalized spacial score (nSPS) is 30.5. The average molecular weight is 210 g/mol. The number of fused-ring (bicyclic) bond motifs is 2. The molecule has 4 heteroatoms. The van der Waals surface area contributed by atoms with E-state index >= 15 is 0 Å². The van der Waals surface area contributed by atoms with Crippen molar-refractivity contribution in [1.29, 1.82) is 0 Å². The minimum Gasteiger partial charge on any atom is -0.498 e. The molecule has 2 atom stereocenters. The van der Waals surface area contributed by atoms with Crippen LogP contribution in [0.3, 0.4) is 0 Å². The van der Waals surface area contributed by atoms with Gasteiger partial charge in [-0.05, 0) is 25.0 Å². The summed E-state index contributed by atoms with van der Waals surface area (Å²) < 4.78 is 16.4. The van der Waals surface area contributed by atoms with Crippen LogP contribution in [-0.4, -0.2) is 28.2 Å². The molecule has 2 unspecified atom stereocenters. The number of rotatable bonds is 3. The molecule has 0 amide bonds. The molecule has 2 bridgehead atoms. The van der Waals surface area contributed by atoms with E-state index < -0.39 is 0 Å². The SMILES string of the molecule is COB1CC2CC(OC)=C(OC)C(C1)C2. The fourth-order valence-corrected chi connectivity index (χ4v) is 3.01. The Morgan fingerprint density at radius 2 is 1.93 bits per heavy atom. The highest BCUT2D eigenvalue weighted by Crippen LogP contribution is 2.44. The van der Waals surface area contributed by atoms with Crippen LogP contribution in [-0.2, 0) is 14.1 Å². The average Bonchev–Trinajstić information content (AvgIpc) is 2.27. The van der Waals surface area contributed by atoms with Gasteiger partial charge in [0.1, 0.15) is 11.5 Å². The second kappa shape index (κ2) is 4.48. The lowest BCUT2D eigenvalue weighted by Crippen LogP contribution is -2.35. The summed E-state index contributed by atoms with van der Waals surface area (Å²) in [6.45, 7) is 0.400. The summed E-state index contributed by atoms with van der Waals surface area (Å²) >= 11 is 0. The van der Waals surface area contributed by atoms with Crippen LogP contribution in [0.2, 0.25) is 12.6 Å². The molecular weight excluding hydrogens is 191 g/mol. The van der Waals surface area contributed by atoms with Gasteiger partial charge in [-0.2, -0.15) is 0 Å². The van der Waals surface area contributed by atoms with Gasteiger partial charge in [0, 0.05) is 19.4 Å². The molecule has 3 nitrogen and oxygen atoms in total. The summed E-state index contributed by atoms with van der Waals surface area (Å²) in [5.74, 6) is 3.31. The fourth-order valence-electron chi connectivity index (χ4n) is 3.01. The molecule has 2 rings (SSSR count). The lowest BCUT2D eigenvalue weighted by atomic mass is 9.48. The third kappa shape index (κ3) is 2.00. The standard InChI is InChI=1S/C11H19BO3/c1-13-10-5-8-4-9(11(10)14-2)7-12(6-8)15-3/h8-9H,4-7H2,1-3H3. The first-order valence-corrected chi connectivity index (χ1v) is 5.62. The van der Waals surface area contributed by atoms with Gasteiger partial charge in [0.05, 0.1) is 14.2 Å². The molecule has 0 aromatic carbocycles. The van der Waals surface area contributed by atoms with Crippen LogP contribution in [0.15, 0.2) is 11.5 Å². The Labute approximate surface area is 91.9 Å². The van der Waals surface area contributed by atoms with Gasteiger partial charge in [0.15, 0.2) is 0 Å². The lowest BCUT2D eigenvalue weighted by molar-refractivity contribution is 0.138. The summed E-state index contributed by atoms with van der Waals surface area (Å²) in [5, 5.41) is 0. The Hall–Kier alpha value is -0.635. The third-order valence-electron chi connectivity index (χ3n) is 3.68. The van der Waals surface area contributed by atoms with E-state index in [2.05, 4.69) is 0 Å². The highest BCUT2D eigenvalue weighted by atomic mass is 16.5. The number of ether oxygens (including phenoxy) is 2.